The fourth-order valence-corrected chi connectivity index (χ4v) is 4.04. The van der Waals surface area contributed by atoms with Crippen molar-refractivity contribution in [2.75, 3.05) is 17.6 Å². The van der Waals surface area contributed by atoms with Crippen molar-refractivity contribution in [2.24, 2.45) is 0 Å². The zero-order valence-corrected chi connectivity index (χ0v) is 20.1. The second kappa shape index (κ2) is 10.5. The number of nitrogens with one attached hydrogen (secondary N) is 2. The van der Waals surface area contributed by atoms with E-state index in [1.54, 1.807) is 42.5 Å². The maximum absolute atomic E-state index is 13.0. The van der Waals surface area contributed by atoms with Crippen LogP contribution in [0, 0.1) is 0 Å². The van der Waals surface area contributed by atoms with Crippen LogP contribution in [0.5, 0.6) is 0 Å². The molecule has 0 aliphatic carbocycles. The minimum Gasteiger partial charge on any atom is -0.382 e. The first kappa shape index (κ1) is 25.4. The Balaban J connectivity index is 1.57. The number of benzene rings is 3. The number of hydrogen-bond acceptors (Lipinski definition) is 3. The molecule has 0 unspecified atom stereocenters. The summed E-state index contributed by atoms with van der Waals surface area (Å²) in [5.74, 6) is 0.0597. The van der Waals surface area contributed by atoms with Crippen LogP contribution in [0.15, 0.2) is 72.8 Å². The summed E-state index contributed by atoms with van der Waals surface area (Å²) in [6.45, 7) is 0.279. The maximum Gasteiger partial charge on any atom is 0.416 e. The monoisotopic (exact) mass is 533 g/mol. The van der Waals surface area contributed by atoms with Crippen molar-refractivity contribution >= 4 is 40.7 Å². The van der Waals surface area contributed by atoms with Gasteiger partial charge in [0, 0.05) is 22.2 Å². The van der Waals surface area contributed by atoms with Crippen LogP contribution in [0.2, 0.25) is 10.0 Å². The molecule has 1 heterocycles. The van der Waals surface area contributed by atoms with Gasteiger partial charge in [-0.2, -0.15) is 18.3 Å². The summed E-state index contributed by atoms with van der Waals surface area (Å²) in [7, 11) is 0. The first-order valence-corrected chi connectivity index (χ1v) is 11.5. The standard InChI is InChI=1S/C25H20Cl2F3N5O/c26-18-9-6-15(20(27)14-18)12-13-32-24(36)33-22-21(16-4-2-1-3-5-16)34-35(23(22)31)19-10-7-17(8-11-19)25(28,29)30/h1-11,14H,12-13,31H2,(H2,32,33,36). The molecule has 0 atom stereocenters. The minimum absolute atomic E-state index is 0.0597. The predicted molar refractivity (Wildman–Crippen MR) is 136 cm³/mol. The Morgan fingerprint density at radius 1 is 1.00 bits per heavy atom. The third-order valence-corrected chi connectivity index (χ3v) is 5.93. The van der Waals surface area contributed by atoms with Crippen molar-refractivity contribution in [1.82, 2.24) is 15.1 Å². The van der Waals surface area contributed by atoms with Crippen molar-refractivity contribution in [3.8, 4) is 16.9 Å². The van der Waals surface area contributed by atoms with Gasteiger partial charge in [0.15, 0.2) is 5.82 Å². The van der Waals surface area contributed by atoms with Gasteiger partial charge in [-0.1, -0.05) is 59.6 Å². The lowest BCUT2D eigenvalue weighted by molar-refractivity contribution is -0.137. The van der Waals surface area contributed by atoms with Crippen LogP contribution >= 0.6 is 23.2 Å². The maximum atomic E-state index is 13.0. The van der Waals surface area contributed by atoms with E-state index in [1.165, 1.54) is 16.8 Å². The number of urea groups is 1. The number of rotatable bonds is 6. The number of halogens is 5. The molecule has 4 rings (SSSR count). The number of hydrogen-bond donors (Lipinski definition) is 3. The molecule has 0 spiro atoms. The van der Waals surface area contributed by atoms with E-state index in [2.05, 4.69) is 15.7 Å². The number of nitrogen functional groups attached to an aromatic ring is 1. The molecule has 0 saturated carbocycles. The van der Waals surface area contributed by atoms with Crippen LogP contribution in [0.25, 0.3) is 16.9 Å². The van der Waals surface area contributed by atoms with Crippen LogP contribution < -0.4 is 16.4 Å². The van der Waals surface area contributed by atoms with Crippen LogP contribution in [0.3, 0.4) is 0 Å². The van der Waals surface area contributed by atoms with Gasteiger partial charge in [-0.15, -0.1) is 0 Å². The zero-order valence-electron chi connectivity index (χ0n) is 18.6. The van der Waals surface area contributed by atoms with Gasteiger partial charge >= 0.3 is 12.2 Å². The average Bonchev–Trinajstić information content (AvgIpc) is 3.16. The van der Waals surface area contributed by atoms with E-state index in [0.717, 1.165) is 17.7 Å². The number of amides is 2. The highest BCUT2D eigenvalue weighted by atomic mass is 35.5. The Bertz CT molecular complexity index is 1370. The van der Waals surface area contributed by atoms with Crippen molar-refractivity contribution in [2.45, 2.75) is 12.6 Å². The molecule has 36 heavy (non-hydrogen) atoms. The number of alkyl halides is 3. The molecule has 6 nitrogen and oxygen atoms in total. The molecule has 1 aromatic heterocycles. The Labute approximate surface area is 214 Å². The van der Waals surface area contributed by atoms with Crippen LogP contribution in [-0.2, 0) is 12.6 Å². The normalized spacial score (nSPS) is 11.4. The molecule has 0 radical (unpaired) electrons. The zero-order chi connectivity index (χ0) is 25.9. The van der Waals surface area contributed by atoms with E-state index < -0.39 is 17.8 Å². The van der Waals surface area contributed by atoms with Crippen LogP contribution in [-0.4, -0.2) is 22.4 Å². The SMILES string of the molecule is Nc1c(NC(=O)NCCc2ccc(Cl)cc2Cl)c(-c2ccccc2)nn1-c1ccc(C(F)(F)F)cc1. The number of nitrogens with zero attached hydrogens (tertiary/aromatic N) is 2. The summed E-state index contributed by atoms with van der Waals surface area (Å²) >= 11 is 12.1. The first-order chi connectivity index (χ1) is 17.1. The Morgan fingerprint density at radius 3 is 2.33 bits per heavy atom. The molecule has 0 aliphatic heterocycles. The van der Waals surface area contributed by atoms with Crippen molar-refractivity contribution in [3.05, 3.63) is 94.0 Å². The third-order valence-electron chi connectivity index (χ3n) is 5.34. The summed E-state index contributed by atoms with van der Waals surface area (Å²) in [6.07, 6.45) is -4.00. The lowest BCUT2D eigenvalue weighted by Crippen LogP contribution is -2.30. The van der Waals surface area contributed by atoms with Crippen LogP contribution in [0.1, 0.15) is 11.1 Å². The minimum atomic E-state index is -4.47. The second-order valence-corrected chi connectivity index (χ2v) is 8.64. The Morgan fingerprint density at radius 2 is 1.69 bits per heavy atom. The quantitative estimate of drug-likeness (QED) is 0.254. The molecular weight excluding hydrogens is 514 g/mol. The van der Waals surface area contributed by atoms with Gasteiger partial charge in [0.1, 0.15) is 11.4 Å². The van der Waals surface area contributed by atoms with E-state index >= 15 is 0 Å². The smallest absolute Gasteiger partial charge is 0.382 e. The van der Waals surface area contributed by atoms with E-state index in [9.17, 15) is 18.0 Å². The van der Waals surface area contributed by atoms with Crippen molar-refractivity contribution in [1.29, 1.82) is 0 Å². The lowest BCUT2D eigenvalue weighted by Gasteiger charge is -2.10. The topological polar surface area (TPSA) is 85.0 Å². The van der Waals surface area contributed by atoms with E-state index in [4.69, 9.17) is 28.9 Å². The van der Waals surface area contributed by atoms with E-state index in [0.29, 0.717) is 33.4 Å². The van der Waals surface area contributed by atoms with Crippen molar-refractivity contribution < 1.29 is 18.0 Å². The van der Waals surface area contributed by atoms with Gasteiger partial charge < -0.3 is 16.4 Å². The molecule has 4 N–H and O–H groups in total. The second-order valence-electron chi connectivity index (χ2n) is 7.80. The summed E-state index contributed by atoms with van der Waals surface area (Å²) in [5.41, 5.74) is 7.90. The Hall–Kier alpha value is -3.69. The molecule has 186 valence electrons. The lowest BCUT2D eigenvalue weighted by atomic mass is 10.1. The summed E-state index contributed by atoms with van der Waals surface area (Å²) in [4.78, 5) is 12.7. The molecule has 0 saturated heterocycles. The fourth-order valence-electron chi connectivity index (χ4n) is 3.53. The van der Waals surface area contributed by atoms with E-state index in [-0.39, 0.29) is 18.1 Å². The third kappa shape index (κ3) is 5.75. The highest BCUT2D eigenvalue weighted by molar-refractivity contribution is 6.35. The summed E-state index contributed by atoms with van der Waals surface area (Å²) < 4.78 is 40.2. The molecular formula is C25H20Cl2F3N5O. The molecule has 0 bridgehead atoms. The van der Waals surface area contributed by atoms with Gasteiger partial charge in [0.2, 0.25) is 0 Å². The number of nitrogens with two attached hydrogens (primary N) is 1. The van der Waals surface area contributed by atoms with Gasteiger partial charge in [-0.3, -0.25) is 0 Å². The predicted octanol–water partition coefficient (Wildman–Crippen LogP) is 6.81. The van der Waals surface area contributed by atoms with Gasteiger partial charge in [-0.25, -0.2) is 9.48 Å². The number of carbonyl (C=O) groups excluding carboxylic acids is 1. The molecule has 0 aliphatic rings. The molecule has 0 fully saturated rings. The van der Waals surface area contributed by atoms with Crippen LogP contribution in [0.4, 0.5) is 29.5 Å². The molecule has 2 amide bonds. The summed E-state index contributed by atoms with van der Waals surface area (Å²) in [5, 5.41) is 11.0. The van der Waals surface area contributed by atoms with Gasteiger partial charge in [0.25, 0.3) is 0 Å². The number of carbonyl (C=O) groups is 1. The summed E-state index contributed by atoms with van der Waals surface area (Å²) in [6, 6.07) is 18.0. The highest BCUT2D eigenvalue weighted by Crippen LogP contribution is 2.35. The first-order valence-electron chi connectivity index (χ1n) is 10.7. The number of anilines is 2. The fraction of sp³-hybridized carbons (Fsp3) is 0.120. The molecule has 11 heteroatoms. The highest BCUT2D eigenvalue weighted by Gasteiger charge is 2.30. The number of aromatic nitrogens is 2. The Kier molecular flexibility index (Phi) is 7.42. The molecule has 4 aromatic rings. The van der Waals surface area contributed by atoms with Gasteiger partial charge in [0.05, 0.1) is 11.3 Å². The van der Waals surface area contributed by atoms with E-state index in [1.807, 2.05) is 6.07 Å². The largest absolute Gasteiger partial charge is 0.416 e. The van der Waals surface area contributed by atoms with Crippen molar-refractivity contribution in [3.63, 3.8) is 0 Å². The van der Waals surface area contributed by atoms with Gasteiger partial charge in [-0.05, 0) is 48.4 Å². The average molecular weight is 534 g/mol. The molecule has 3 aromatic carbocycles.